The van der Waals surface area contributed by atoms with E-state index >= 15 is 0 Å². The predicted molar refractivity (Wildman–Crippen MR) is 110 cm³/mol. The average molecular weight is 416 g/mol. The minimum Gasteiger partial charge on any atom is -0.459 e. The van der Waals surface area contributed by atoms with Crippen molar-refractivity contribution in [2.24, 2.45) is 0 Å². The van der Waals surface area contributed by atoms with Crippen LogP contribution in [0.5, 0.6) is 0 Å². The van der Waals surface area contributed by atoms with E-state index < -0.39 is 23.4 Å². The molecular weight excluding hydrogens is 388 g/mol. The fourth-order valence-electron chi connectivity index (χ4n) is 3.15. The first-order valence-electron chi connectivity index (χ1n) is 10.2. The molecule has 0 radical (unpaired) electrons. The number of rotatable bonds is 8. The van der Waals surface area contributed by atoms with Crippen molar-refractivity contribution in [1.29, 1.82) is 0 Å². The molecule has 0 amide bonds. The molecule has 3 atom stereocenters. The fraction of sp³-hybridized carbons (Fsp3) is 0.500. The molecule has 0 spiro atoms. The summed E-state index contributed by atoms with van der Waals surface area (Å²) in [5, 5.41) is 0. The summed E-state index contributed by atoms with van der Waals surface area (Å²) in [5.74, 6) is -0.410. The molecule has 1 fully saturated rings. The molecule has 2 heterocycles. The Morgan fingerprint density at radius 1 is 1.27 bits per heavy atom. The highest BCUT2D eigenvalue weighted by molar-refractivity contribution is 5.89. The smallest absolute Gasteiger partial charge is 0.338 e. The maximum Gasteiger partial charge on any atom is 0.338 e. The van der Waals surface area contributed by atoms with Gasteiger partial charge in [-0.05, 0) is 45.2 Å². The summed E-state index contributed by atoms with van der Waals surface area (Å²) < 4.78 is 18.2. The van der Waals surface area contributed by atoms with Crippen molar-refractivity contribution < 1.29 is 19.0 Å². The first-order valence-corrected chi connectivity index (χ1v) is 10.2. The van der Waals surface area contributed by atoms with Gasteiger partial charge in [0, 0.05) is 6.20 Å². The second-order valence-electron chi connectivity index (χ2n) is 7.61. The maximum atomic E-state index is 12.3. The Balaban J connectivity index is 1.60. The molecule has 0 aliphatic carbocycles. The van der Waals surface area contributed by atoms with Crippen molar-refractivity contribution in [3.05, 3.63) is 68.0 Å². The second-order valence-corrected chi connectivity index (χ2v) is 7.61. The molecule has 1 N–H and O–H groups in total. The molecule has 1 saturated heterocycles. The number of aromatic amines is 1. The lowest BCUT2D eigenvalue weighted by Gasteiger charge is -2.17. The van der Waals surface area contributed by atoms with Crippen LogP contribution in [0.2, 0.25) is 0 Å². The second kappa shape index (κ2) is 9.86. The summed E-state index contributed by atoms with van der Waals surface area (Å²) in [7, 11) is 0. The Morgan fingerprint density at radius 3 is 2.70 bits per heavy atom. The zero-order valence-electron chi connectivity index (χ0n) is 17.6. The highest BCUT2D eigenvalue weighted by atomic mass is 16.6. The molecule has 162 valence electrons. The number of aryl methyl sites for hydroxylation is 1. The van der Waals surface area contributed by atoms with Gasteiger partial charge < -0.3 is 14.2 Å². The van der Waals surface area contributed by atoms with Crippen LogP contribution in [0.25, 0.3) is 0 Å². The van der Waals surface area contributed by atoms with Crippen LogP contribution < -0.4 is 11.2 Å². The summed E-state index contributed by atoms with van der Waals surface area (Å²) in [6.07, 6.45) is 2.70. The van der Waals surface area contributed by atoms with E-state index in [2.05, 4.69) is 4.98 Å². The molecule has 1 aliphatic heterocycles. The highest BCUT2D eigenvalue weighted by Gasteiger charge is 2.29. The standard InChI is InChI=1S/C22H28N2O6/c1-4-15(3)28-12-17-11-24(22(27)23-20(17)25)19-10-9-18(30-19)13-29-21(26)16-7-5-14(2)6-8-16/h5-8,11,15,18-19H,4,9-10,12-13H2,1-3H3,(H,23,25,27)/t15?,18-,19+/m0/s1. The minimum absolute atomic E-state index is 0.0140. The van der Waals surface area contributed by atoms with Gasteiger partial charge in [0.05, 0.1) is 29.9 Å². The van der Waals surface area contributed by atoms with Crippen LogP contribution in [-0.4, -0.2) is 34.3 Å². The Labute approximate surface area is 174 Å². The third-order valence-electron chi connectivity index (χ3n) is 5.22. The molecule has 8 heteroatoms. The van der Waals surface area contributed by atoms with Crippen LogP contribution in [0, 0.1) is 6.92 Å². The molecule has 1 aliphatic rings. The topological polar surface area (TPSA) is 99.6 Å². The number of carbonyl (C=O) groups excluding carboxylic acids is 1. The summed E-state index contributed by atoms with van der Waals surface area (Å²) in [5.41, 5.74) is 0.926. The quantitative estimate of drug-likeness (QED) is 0.664. The van der Waals surface area contributed by atoms with E-state index in [1.165, 1.54) is 10.8 Å². The number of aromatic nitrogens is 2. The molecule has 1 aromatic carbocycles. The van der Waals surface area contributed by atoms with Crippen LogP contribution >= 0.6 is 0 Å². The molecular formula is C22H28N2O6. The monoisotopic (exact) mass is 416 g/mol. The van der Waals surface area contributed by atoms with Gasteiger partial charge in [-0.15, -0.1) is 0 Å². The molecule has 2 aromatic rings. The molecule has 1 unspecified atom stereocenters. The minimum atomic E-state index is -0.533. The third kappa shape index (κ3) is 5.46. The van der Waals surface area contributed by atoms with Crippen LogP contribution in [0.15, 0.2) is 40.1 Å². The van der Waals surface area contributed by atoms with E-state index in [-0.39, 0.29) is 25.4 Å². The number of esters is 1. The van der Waals surface area contributed by atoms with Crippen LogP contribution in [-0.2, 0) is 20.8 Å². The van der Waals surface area contributed by atoms with Crippen molar-refractivity contribution in [2.45, 2.75) is 65.1 Å². The Kier molecular flexibility index (Phi) is 7.23. The maximum absolute atomic E-state index is 12.3. The first kappa shape index (κ1) is 22.0. The molecule has 3 rings (SSSR count). The van der Waals surface area contributed by atoms with Gasteiger partial charge in [-0.1, -0.05) is 24.6 Å². The number of H-pyrrole nitrogens is 1. The molecule has 0 bridgehead atoms. The van der Waals surface area contributed by atoms with E-state index in [4.69, 9.17) is 14.2 Å². The van der Waals surface area contributed by atoms with Crippen molar-refractivity contribution in [3.8, 4) is 0 Å². The summed E-state index contributed by atoms with van der Waals surface area (Å²) in [4.78, 5) is 38.8. The zero-order chi connectivity index (χ0) is 21.7. The van der Waals surface area contributed by atoms with Crippen LogP contribution in [0.4, 0.5) is 0 Å². The van der Waals surface area contributed by atoms with Crippen molar-refractivity contribution in [3.63, 3.8) is 0 Å². The summed E-state index contributed by atoms with van der Waals surface area (Å²) >= 11 is 0. The number of carbonyl (C=O) groups is 1. The van der Waals surface area contributed by atoms with Crippen molar-refractivity contribution >= 4 is 5.97 Å². The van der Waals surface area contributed by atoms with E-state index in [1.54, 1.807) is 12.1 Å². The van der Waals surface area contributed by atoms with Gasteiger partial charge in [-0.25, -0.2) is 9.59 Å². The van der Waals surface area contributed by atoms with Gasteiger partial charge in [0.15, 0.2) is 0 Å². The number of ether oxygens (including phenoxy) is 3. The lowest BCUT2D eigenvalue weighted by Crippen LogP contribution is -2.34. The summed E-state index contributed by atoms with van der Waals surface area (Å²) in [6, 6.07) is 7.14. The van der Waals surface area contributed by atoms with Gasteiger partial charge in [-0.2, -0.15) is 0 Å². The van der Waals surface area contributed by atoms with E-state index in [1.807, 2.05) is 32.9 Å². The number of nitrogens with one attached hydrogen (secondary N) is 1. The van der Waals surface area contributed by atoms with Crippen molar-refractivity contribution in [2.75, 3.05) is 6.61 Å². The van der Waals surface area contributed by atoms with Crippen LogP contribution in [0.1, 0.15) is 60.8 Å². The lowest BCUT2D eigenvalue weighted by atomic mass is 10.1. The van der Waals surface area contributed by atoms with Gasteiger partial charge in [0.25, 0.3) is 5.56 Å². The fourth-order valence-corrected chi connectivity index (χ4v) is 3.15. The average Bonchev–Trinajstić information content (AvgIpc) is 3.20. The largest absolute Gasteiger partial charge is 0.459 e. The molecule has 0 saturated carbocycles. The molecule has 1 aromatic heterocycles. The van der Waals surface area contributed by atoms with Gasteiger partial charge in [-0.3, -0.25) is 14.3 Å². The number of hydrogen-bond donors (Lipinski definition) is 1. The lowest BCUT2D eigenvalue weighted by molar-refractivity contribution is -0.0344. The Hall–Kier alpha value is -2.71. The molecule has 30 heavy (non-hydrogen) atoms. The van der Waals surface area contributed by atoms with Gasteiger partial charge >= 0.3 is 11.7 Å². The number of hydrogen-bond acceptors (Lipinski definition) is 6. The Morgan fingerprint density at radius 2 is 2.00 bits per heavy atom. The SMILES string of the molecule is CCC(C)OCc1cn([C@H]2CC[C@@H](COC(=O)c3ccc(C)cc3)O2)c(=O)[nH]c1=O. The highest BCUT2D eigenvalue weighted by Crippen LogP contribution is 2.27. The van der Waals surface area contributed by atoms with E-state index in [9.17, 15) is 14.4 Å². The normalized spacial score (nSPS) is 19.6. The van der Waals surface area contributed by atoms with E-state index in [0.717, 1.165) is 12.0 Å². The van der Waals surface area contributed by atoms with Crippen LogP contribution in [0.3, 0.4) is 0 Å². The zero-order valence-corrected chi connectivity index (χ0v) is 17.6. The molecule has 8 nitrogen and oxygen atoms in total. The summed E-state index contributed by atoms with van der Waals surface area (Å²) in [6.45, 7) is 6.09. The number of benzene rings is 1. The van der Waals surface area contributed by atoms with E-state index in [0.29, 0.717) is 24.0 Å². The third-order valence-corrected chi connectivity index (χ3v) is 5.22. The van der Waals surface area contributed by atoms with Gasteiger partial charge in [0.1, 0.15) is 12.8 Å². The predicted octanol–water partition coefficient (Wildman–Crippen LogP) is 2.69. The van der Waals surface area contributed by atoms with Crippen molar-refractivity contribution in [1.82, 2.24) is 9.55 Å². The Bertz CT molecular complexity index is 978. The van der Waals surface area contributed by atoms with Gasteiger partial charge in [0.2, 0.25) is 0 Å². The first-order chi connectivity index (χ1) is 14.4. The number of nitrogens with zero attached hydrogens (tertiary/aromatic N) is 1.